The van der Waals surface area contributed by atoms with Gasteiger partial charge in [-0.05, 0) is 36.6 Å². The molecule has 0 bridgehead atoms. The second-order valence-corrected chi connectivity index (χ2v) is 8.26. The summed E-state index contributed by atoms with van der Waals surface area (Å²) in [4.78, 5) is 25.0. The number of urea groups is 1. The lowest BCUT2D eigenvalue weighted by atomic mass is 9.95. The fourth-order valence-corrected chi connectivity index (χ4v) is 3.48. The van der Waals surface area contributed by atoms with E-state index in [-0.39, 0.29) is 19.1 Å². The number of ether oxygens (including phenoxy) is 3. The lowest BCUT2D eigenvalue weighted by molar-refractivity contribution is -0.140. The third-order valence-electron chi connectivity index (χ3n) is 4.90. The molecular weight excluding hydrogens is 432 g/mol. The van der Waals surface area contributed by atoms with Gasteiger partial charge >= 0.3 is 12.0 Å². The standard InChI is InChI=1S/C24H27ClN2O5/c1-14(2)12-32-23(28)21-15(3)26-24(29)27-22(21)16-9-10-19(30-4)20(11-16)31-13-17-7-5-6-8-18(17)25/h5-11,14,22H,12-13H2,1-4H3,(H2,26,27,29). The van der Waals surface area contributed by atoms with Crippen LogP contribution in [0.1, 0.15) is 37.9 Å². The molecule has 0 aliphatic carbocycles. The van der Waals surface area contributed by atoms with Gasteiger partial charge in [0.15, 0.2) is 11.5 Å². The number of esters is 1. The van der Waals surface area contributed by atoms with Crippen molar-refractivity contribution in [2.45, 2.75) is 33.4 Å². The van der Waals surface area contributed by atoms with Crippen molar-refractivity contribution in [3.63, 3.8) is 0 Å². The van der Waals surface area contributed by atoms with E-state index in [0.717, 1.165) is 5.56 Å². The summed E-state index contributed by atoms with van der Waals surface area (Å²) in [5.74, 6) is 0.689. The Morgan fingerprint density at radius 1 is 1.16 bits per heavy atom. The van der Waals surface area contributed by atoms with Crippen LogP contribution in [-0.2, 0) is 16.1 Å². The van der Waals surface area contributed by atoms with Crippen molar-refractivity contribution in [1.82, 2.24) is 10.6 Å². The van der Waals surface area contributed by atoms with E-state index in [4.69, 9.17) is 25.8 Å². The number of carbonyl (C=O) groups excluding carboxylic acids is 2. The number of halogens is 1. The van der Waals surface area contributed by atoms with Crippen molar-refractivity contribution >= 4 is 23.6 Å². The predicted molar refractivity (Wildman–Crippen MR) is 122 cm³/mol. The lowest BCUT2D eigenvalue weighted by Crippen LogP contribution is -2.45. The van der Waals surface area contributed by atoms with Crippen LogP contribution in [0.2, 0.25) is 5.02 Å². The Kier molecular flexibility index (Phi) is 7.64. The van der Waals surface area contributed by atoms with Crippen LogP contribution in [0.4, 0.5) is 4.79 Å². The van der Waals surface area contributed by atoms with Gasteiger partial charge < -0.3 is 24.8 Å². The third-order valence-corrected chi connectivity index (χ3v) is 5.27. The van der Waals surface area contributed by atoms with E-state index in [1.165, 1.54) is 0 Å². The number of benzene rings is 2. The smallest absolute Gasteiger partial charge is 0.338 e. The van der Waals surface area contributed by atoms with Crippen molar-refractivity contribution in [2.75, 3.05) is 13.7 Å². The van der Waals surface area contributed by atoms with E-state index in [1.807, 2.05) is 32.0 Å². The largest absolute Gasteiger partial charge is 0.493 e. The normalized spacial score (nSPS) is 15.8. The van der Waals surface area contributed by atoms with E-state index in [9.17, 15) is 9.59 Å². The van der Waals surface area contributed by atoms with Crippen molar-refractivity contribution in [1.29, 1.82) is 0 Å². The first kappa shape index (κ1) is 23.5. The Morgan fingerprint density at radius 2 is 1.91 bits per heavy atom. The van der Waals surface area contributed by atoms with E-state index < -0.39 is 18.0 Å². The van der Waals surface area contributed by atoms with E-state index in [0.29, 0.717) is 33.4 Å². The maximum absolute atomic E-state index is 12.8. The SMILES string of the molecule is COc1ccc(C2NC(=O)NC(C)=C2C(=O)OCC(C)C)cc1OCc1ccccc1Cl. The van der Waals surface area contributed by atoms with Crippen LogP contribution in [0.15, 0.2) is 53.7 Å². The molecule has 8 heteroatoms. The molecule has 1 atom stereocenters. The summed E-state index contributed by atoms with van der Waals surface area (Å²) >= 11 is 6.23. The Hall–Kier alpha value is -3.19. The molecule has 0 saturated carbocycles. The molecule has 1 heterocycles. The molecule has 0 radical (unpaired) electrons. The minimum Gasteiger partial charge on any atom is -0.493 e. The summed E-state index contributed by atoms with van der Waals surface area (Å²) in [5.41, 5.74) is 2.27. The van der Waals surface area contributed by atoms with Crippen LogP contribution in [0, 0.1) is 5.92 Å². The molecule has 0 saturated heterocycles. The number of allylic oxidation sites excluding steroid dienone is 1. The zero-order valence-electron chi connectivity index (χ0n) is 18.5. The molecule has 2 aromatic carbocycles. The summed E-state index contributed by atoms with van der Waals surface area (Å²) in [6.07, 6.45) is 0. The molecule has 2 N–H and O–H groups in total. The number of rotatable bonds is 8. The predicted octanol–water partition coefficient (Wildman–Crippen LogP) is 4.75. The molecule has 0 fully saturated rings. The lowest BCUT2D eigenvalue weighted by Gasteiger charge is -2.28. The van der Waals surface area contributed by atoms with E-state index >= 15 is 0 Å². The molecule has 2 amide bonds. The zero-order chi connectivity index (χ0) is 23.3. The van der Waals surface area contributed by atoms with Gasteiger partial charge in [-0.25, -0.2) is 9.59 Å². The summed E-state index contributed by atoms with van der Waals surface area (Å²) in [7, 11) is 1.54. The maximum Gasteiger partial charge on any atom is 0.338 e. The van der Waals surface area contributed by atoms with E-state index in [2.05, 4.69) is 10.6 Å². The average molecular weight is 459 g/mol. The summed E-state index contributed by atoms with van der Waals surface area (Å²) in [6.45, 7) is 6.11. The Labute approximate surface area is 192 Å². The van der Waals surface area contributed by atoms with Gasteiger partial charge in [0.25, 0.3) is 0 Å². The first-order chi connectivity index (χ1) is 15.3. The number of hydrogen-bond acceptors (Lipinski definition) is 5. The van der Waals surface area contributed by atoms with Crippen LogP contribution >= 0.6 is 11.6 Å². The van der Waals surface area contributed by atoms with Crippen molar-refractivity contribution in [3.8, 4) is 11.5 Å². The molecule has 0 spiro atoms. The van der Waals surface area contributed by atoms with E-state index in [1.54, 1.807) is 38.3 Å². The van der Waals surface area contributed by atoms with Crippen molar-refractivity contribution in [2.24, 2.45) is 5.92 Å². The molecule has 32 heavy (non-hydrogen) atoms. The molecule has 170 valence electrons. The number of carbonyl (C=O) groups is 2. The average Bonchev–Trinajstić information content (AvgIpc) is 2.76. The van der Waals surface area contributed by atoms with Gasteiger partial charge in [-0.2, -0.15) is 0 Å². The highest BCUT2D eigenvalue weighted by Gasteiger charge is 2.33. The molecule has 1 unspecified atom stereocenters. The van der Waals surface area contributed by atoms with Crippen LogP contribution in [0.25, 0.3) is 0 Å². The van der Waals surface area contributed by atoms with Crippen molar-refractivity contribution < 1.29 is 23.8 Å². The summed E-state index contributed by atoms with van der Waals surface area (Å²) < 4.78 is 16.8. The van der Waals surface area contributed by atoms with Gasteiger partial charge in [0.1, 0.15) is 6.61 Å². The van der Waals surface area contributed by atoms with Gasteiger partial charge in [-0.15, -0.1) is 0 Å². The monoisotopic (exact) mass is 458 g/mol. The van der Waals surface area contributed by atoms with Crippen LogP contribution in [0.3, 0.4) is 0 Å². The van der Waals surface area contributed by atoms with Gasteiger partial charge in [0, 0.05) is 16.3 Å². The highest BCUT2D eigenvalue weighted by molar-refractivity contribution is 6.31. The van der Waals surface area contributed by atoms with Gasteiger partial charge in [0.2, 0.25) is 0 Å². The zero-order valence-corrected chi connectivity index (χ0v) is 19.3. The summed E-state index contributed by atoms with van der Waals surface area (Å²) in [6, 6.07) is 11.6. The second kappa shape index (κ2) is 10.4. The van der Waals surface area contributed by atoms with Gasteiger partial charge in [-0.1, -0.05) is 49.7 Å². The molecule has 1 aliphatic rings. The maximum atomic E-state index is 12.8. The first-order valence-electron chi connectivity index (χ1n) is 10.3. The fourth-order valence-electron chi connectivity index (χ4n) is 3.29. The minimum atomic E-state index is -0.697. The fraction of sp³-hybridized carbons (Fsp3) is 0.333. The minimum absolute atomic E-state index is 0.190. The molecule has 0 aromatic heterocycles. The first-order valence-corrected chi connectivity index (χ1v) is 10.7. The highest BCUT2D eigenvalue weighted by atomic mass is 35.5. The number of nitrogens with one attached hydrogen (secondary N) is 2. The Morgan fingerprint density at radius 3 is 2.59 bits per heavy atom. The van der Waals surface area contributed by atoms with Crippen LogP contribution in [-0.4, -0.2) is 25.7 Å². The van der Waals surface area contributed by atoms with Crippen LogP contribution < -0.4 is 20.1 Å². The topological polar surface area (TPSA) is 85.9 Å². The second-order valence-electron chi connectivity index (χ2n) is 7.85. The molecular formula is C24H27ClN2O5. The number of amides is 2. The van der Waals surface area contributed by atoms with Gasteiger partial charge in [-0.3, -0.25) is 0 Å². The molecule has 3 rings (SSSR count). The molecule has 2 aromatic rings. The summed E-state index contributed by atoms with van der Waals surface area (Å²) in [5, 5.41) is 6.05. The van der Waals surface area contributed by atoms with Crippen LogP contribution in [0.5, 0.6) is 11.5 Å². The third kappa shape index (κ3) is 5.53. The molecule has 7 nitrogen and oxygen atoms in total. The quantitative estimate of drug-likeness (QED) is 0.557. The Bertz CT molecular complexity index is 1030. The van der Waals surface area contributed by atoms with Crippen molar-refractivity contribution in [3.05, 3.63) is 69.9 Å². The Balaban J connectivity index is 1.91. The highest BCUT2D eigenvalue weighted by Crippen LogP contribution is 2.35. The molecule has 1 aliphatic heterocycles. The number of methoxy groups -OCH3 is 1. The van der Waals surface area contributed by atoms with Gasteiger partial charge in [0.05, 0.1) is 25.3 Å². The number of hydrogen-bond donors (Lipinski definition) is 2.